The van der Waals surface area contributed by atoms with Crippen molar-refractivity contribution >= 4 is 86.8 Å². The standard InChI is InChI=1S/C16H16Cl3F2N3O2.C13H4Cl2F6N4O4.C12H6F2N2O2/c1-8(4-10-12(18)5-9(17)6-13(10)19)24(26-3)16(25)11-7-23(2)22-14(11)15(20)21;14-6-1-4(12(16,17)18)3-22-11(6)23-9-7(24(26)27)2-5(13(19,20)21)8(15)10(9)25(28)29;13-12(14)17-10-3-1-2-8(11(10)18-12)9-6-16-5-7(9)4-15/h5-8,15H,4H2,1-3H3;1-3H,(H,22,23);1-3,5-6,16H. The molecule has 3 aromatic heterocycles. The molecule has 0 saturated carbocycles. The SMILES string of the molecule is CON(C(=O)c1cn(C)nc1C(F)F)C(C)Cc1c(Cl)cc(Cl)cc1Cl.N#Cc1c[nH]cc1-c1cccc2c1OC(F)(F)O2.O=[N+]([O-])c1cc(C(F)(F)F)c(Cl)c([N+](=O)[O-])c1Nc1ncc(C(F)(F)F)cc1Cl. The zero-order valence-electron chi connectivity index (χ0n) is 36.3. The van der Waals surface area contributed by atoms with E-state index in [2.05, 4.69) is 24.5 Å². The van der Waals surface area contributed by atoms with Gasteiger partial charge >= 0.3 is 30.0 Å². The van der Waals surface area contributed by atoms with Crippen LogP contribution in [0.2, 0.25) is 25.1 Å². The fourth-order valence-corrected chi connectivity index (χ4v) is 8.01. The number of benzene rings is 3. The molecule has 2 N–H and O–H groups in total. The molecular formula is C41H26Cl5F10N9O8. The van der Waals surface area contributed by atoms with Gasteiger partial charge in [0.15, 0.2) is 17.2 Å². The number of halogens is 15. The van der Waals surface area contributed by atoms with Crippen LogP contribution < -0.4 is 14.8 Å². The highest BCUT2D eigenvalue weighted by Gasteiger charge is 2.45. The number of nitriles is 1. The Morgan fingerprint density at radius 3 is 2.15 bits per heavy atom. The predicted molar refractivity (Wildman–Crippen MR) is 240 cm³/mol. The number of nitrogens with one attached hydrogen (secondary N) is 2. The first-order valence-corrected chi connectivity index (χ1v) is 21.3. The quantitative estimate of drug-likeness (QED) is 0.0704. The first-order valence-electron chi connectivity index (χ1n) is 19.4. The topological polar surface area (TPSA) is 217 Å². The van der Waals surface area contributed by atoms with Crippen LogP contribution in [0.4, 0.5) is 66.8 Å². The number of fused-ring (bicyclic) bond motifs is 1. The molecule has 1 atom stereocenters. The summed E-state index contributed by atoms with van der Waals surface area (Å²) in [5, 5.41) is 36.7. The number of hydrogen-bond donors (Lipinski definition) is 2. The number of rotatable bonds is 11. The minimum Gasteiger partial charge on any atom is -0.395 e. The minimum atomic E-state index is -5.27. The van der Waals surface area contributed by atoms with Gasteiger partial charge < -0.3 is 19.8 Å². The van der Waals surface area contributed by atoms with Crippen molar-refractivity contribution in [3.63, 3.8) is 0 Å². The van der Waals surface area contributed by atoms with Crippen LogP contribution in [0.1, 0.15) is 51.7 Å². The van der Waals surface area contributed by atoms with Gasteiger partial charge in [-0.05, 0) is 43.2 Å². The minimum absolute atomic E-state index is 0.0393. The van der Waals surface area contributed by atoms with Crippen molar-refractivity contribution in [1.82, 2.24) is 24.8 Å². The maximum absolute atomic E-state index is 13.1. The molecule has 4 heterocycles. The summed E-state index contributed by atoms with van der Waals surface area (Å²) < 4.78 is 139. The molecule has 6 aromatic rings. The van der Waals surface area contributed by atoms with Gasteiger partial charge in [0.05, 0.1) is 50.3 Å². The second-order valence-corrected chi connectivity index (χ2v) is 16.5. The summed E-state index contributed by atoms with van der Waals surface area (Å²) >= 11 is 29.3. The first-order chi connectivity index (χ1) is 33.9. The van der Waals surface area contributed by atoms with Crippen molar-refractivity contribution in [1.29, 1.82) is 5.26 Å². The molecule has 0 bridgehead atoms. The monoisotopic (exact) mass is 1140 g/mol. The van der Waals surface area contributed by atoms with Crippen LogP contribution in [0.15, 0.2) is 67.3 Å². The number of alkyl halides is 10. The number of nitro groups is 2. The summed E-state index contributed by atoms with van der Waals surface area (Å²) in [4.78, 5) is 43.5. The van der Waals surface area contributed by atoms with Gasteiger partial charge in [-0.2, -0.15) is 36.7 Å². The van der Waals surface area contributed by atoms with Gasteiger partial charge in [-0.25, -0.2) is 18.8 Å². The maximum Gasteiger partial charge on any atom is 0.586 e. The number of ether oxygens (including phenoxy) is 2. The number of aromatic amines is 1. The predicted octanol–water partition coefficient (Wildman–Crippen LogP) is 13.8. The third kappa shape index (κ3) is 13.2. The van der Waals surface area contributed by atoms with Gasteiger partial charge in [0.25, 0.3) is 12.3 Å². The van der Waals surface area contributed by atoms with Crippen LogP contribution in [0.25, 0.3) is 11.1 Å². The van der Waals surface area contributed by atoms with Crippen molar-refractivity contribution in [2.45, 2.75) is 44.5 Å². The van der Waals surface area contributed by atoms with Crippen molar-refractivity contribution in [2.75, 3.05) is 12.4 Å². The normalized spacial score (nSPS) is 13.0. The van der Waals surface area contributed by atoms with E-state index in [4.69, 9.17) is 68.1 Å². The van der Waals surface area contributed by atoms with E-state index in [0.29, 0.717) is 43.4 Å². The Morgan fingerprint density at radius 1 is 0.973 bits per heavy atom. The van der Waals surface area contributed by atoms with Gasteiger partial charge in [-0.1, -0.05) is 70.1 Å². The Labute approximate surface area is 426 Å². The summed E-state index contributed by atoms with van der Waals surface area (Å²) in [5.41, 5.74) is -6.29. The van der Waals surface area contributed by atoms with Crippen molar-refractivity contribution in [3.05, 3.63) is 146 Å². The molecule has 1 aliphatic heterocycles. The Morgan fingerprint density at radius 2 is 1.62 bits per heavy atom. The van der Waals surface area contributed by atoms with Crippen molar-refractivity contribution < 1.29 is 72.9 Å². The number of carbonyl (C=O) groups excluding carboxylic acids is 1. The van der Waals surface area contributed by atoms with Crippen LogP contribution in [0, 0.1) is 31.6 Å². The molecule has 0 radical (unpaired) electrons. The third-order valence-electron chi connectivity index (χ3n) is 9.60. The van der Waals surface area contributed by atoms with E-state index in [1.165, 1.54) is 44.8 Å². The number of hydroxylamine groups is 2. The van der Waals surface area contributed by atoms with Crippen LogP contribution >= 0.6 is 58.0 Å². The van der Waals surface area contributed by atoms with Crippen LogP contribution in [-0.2, 0) is 30.7 Å². The number of nitrogens with zero attached hydrogens (tertiary/aromatic N) is 7. The van der Waals surface area contributed by atoms with Gasteiger partial charge in [-0.15, -0.1) is 8.78 Å². The average molecular weight is 1140 g/mol. The molecule has 1 amide bonds. The van der Waals surface area contributed by atoms with E-state index >= 15 is 0 Å². The van der Waals surface area contributed by atoms with Crippen LogP contribution in [0.3, 0.4) is 0 Å². The van der Waals surface area contributed by atoms with Gasteiger partial charge in [0, 0.05) is 64.1 Å². The van der Waals surface area contributed by atoms with Crippen molar-refractivity contribution in [2.24, 2.45) is 7.05 Å². The summed E-state index contributed by atoms with van der Waals surface area (Å²) in [5.74, 6) is -1.55. The Hall–Kier alpha value is -6.83. The molecule has 388 valence electrons. The molecule has 0 fully saturated rings. The van der Waals surface area contributed by atoms with Crippen LogP contribution in [-0.4, -0.2) is 60.0 Å². The zero-order chi connectivity index (χ0) is 54.7. The van der Waals surface area contributed by atoms with E-state index in [-0.39, 0.29) is 35.7 Å². The lowest BCUT2D eigenvalue weighted by Gasteiger charge is -2.27. The second-order valence-electron chi connectivity index (χ2n) is 14.5. The summed E-state index contributed by atoms with van der Waals surface area (Å²) in [6.45, 7) is 1.68. The van der Waals surface area contributed by atoms with E-state index in [9.17, 15) is 68.9 Å². The molecule has 0 spiro atoms. The third-order valence-corrected chi connectivity index (χ3v) is 11.2. The van der Waals surface area contributed by atoms with Gasteiger partial charge in [0.1, 0.15) is 22.6 Å². The molecule has 73 heavy (non-hydrogen) atoms. The lowest BCUT2D eigenvalue weighted by molar-refractivity contribution is -0.392. The summed E-state index contributed by atoms with van der Waals surface area (Å²) in [6, 6.07) is 9.33. The molecule has 1 aliphatic rings. The molecule has 0 aliphatic carbocycles. The number of carbonyl (C=O) groups is 1. The fourth-order valence-electron chi connectivity index (χ4n) is 6.50. The lowest BCUT2D eigenvalue weighted by atomic mass is 10.0. The highest BCUT2D eigenvalue weighted by Crippen LogP contribution is 2.50. The number of aromatic nitrogens is 4. The Balaban J connectivity index is 0.000000208. The molecule has 32 heteroatoms. The second kappa shape index (κ2) is 22.5. The Bertz CT molecular complexity index is 3110. The lowest BCUT2D eigenvalue weighted by Crippen LogP contribution is -2.39. The molecule has 1 unspecified atom stereocenters. The average Bonchev–Trinajstić information content (AvgIpc) is 4.01. The molecule has 3 aromatic carbocycles. The van der Waals surface area contributed by atoms with Gasteiger partial charge in [-0.3, -0.25) is 34.5 Å². The number of amides is 1. The van der Waals surface area contributed by atoms with E-state index in [0.717, 1.165) is 9.75 Å². The smallest absolute Gasteiger partial charge is 0.395 e. The highest BCUT2D eigenvalue weighted by atomic mass is 35.5. The highest BCUT2D eigenvalue weighted by molar-refractivity contribution is 6.39. The molecular weight excluding hydrogens is 1110 g/mol. The van der Waals surface area contributed by atoms with Gasteiger partial charge in [0.2, 0.25) is 0 Å². The molecule has 17 nitrogen and oxygen atoms in total. The number of para-hydroxylation sites is 1. The van der Waals surface area contributed by atoms with Crippen LogP contribution in [0.5, 0.6) is 11.5 Å². The number of hydrogen-bond acceptors (Lipinski definition) is 12. The number of nitro benzene ring substituents is 2. The number of pyridine rings is 1. The Kier molecular flexibility index (Phi) is 17.6. The number of H-pyrrole nitrogens is 1. The van der Waals surface area contributed by atoms with E-state index < -0.39 is 96.6 Å². The van der Waals surface area contributed by atoms with E-state index in [1.807, 2.05) is 11.4 Å². The maximum atomic E-state index is 13.1. The zero-order valence-corrected chi connectivity index (χ0v) is 40.1. The van der Waals surface area contributed by atoms with E-state index in [1.54, 1.807) is 25.3 Å². The largest absolute Gasteiger partial charge is 0.586 e. The number of anilines is 2. The summed E-state index contributed by atoms with van der Waals surface area (Å²) in [6.07, 6.45) is -11.9. The van der Waals surface area contributed by atoms with Crippen molar-refractivity contribution in [3.8, 4) is 28.7 Å². The molecule has 7 rings (SSSR count). The first kappa shape index (κ1) is 57.1. The fraction of sp³-hybridized carbons (Fsp3) is 0.220. The molecule has 0 saturated heterocycles. The summed E-state index contributed by atoms with van der Waals surface area (Å²) in [7, 11) is 2.73. The number of aryl methyl sites for hydroxylation is 1.